The van der Waals surface area contributed by atoms with Gasteiger partial charge in [0.1, 0.15) is 0 Å². The van der Waals surface area contributed by atoms with Crippen molar-refractivity contribution in [3.8, 4) is 0 Å². The molecule has 0 aromatic heterocycles. The Balaban J connectivity index is 2.29. The molecule has 2 amide bonds. The van der Waals surface area contributed by atoms with Crippen LogP contribution in [0.3, 0.4) is 0 Å². The van der Waals surface area contributed by atoms with E-state index in [-0.39, 0.29) is 12.1 Å². The van der Waals surface area contributed by atoms with E-state index in [1.54, 1.807) is 7.11 Å². The molecule has 1 aliphatic carbocycles. The van der Waals surface area contributed by atoms with Crippen LogP contribution < -0.4 is 11.1 Å². The summed E-state index contributed by atoms with van der Waals surface area (Å²) in [5.41, 5.74) is 4.83. The largest absolute Gasteiger partial charge is 0.381 e. The van der Waals surface area contributed by atoms with Crippen LogP contribution in [0.2, 0.25) is 0 Å². The number of nitrogens with one attached hydrogen (secondary N) is 1. The summed E-state index contributed by atoms with van der Waals surface area (Å²) < 4.78 is 5.19. The van der Waals surface area contributed by atoms with Gasteiger partial charge in [0.05, 0.1) is 6.10 Å². The third-order valence-corrected chi connectivity index (χ3v) is 2.57. The third kappa shape index (κ3) is 2.99. The molecule has 5 heteroatoms. The van der Waals surface area contributed by atoms with Gasteiger partial charge in [-0.3, -0.25) is 9.59 Å². The summed E-state index contributed by atoms with van der Waals surface area (Å²) in [6.07, 6.45) is 3.81. The van der Waals surface area contributed by atoms with Crippen LogP contribution in [-0.2, 0) is 14.3 Å². The van der Waals surface area contributed by atoms with Gasteiger partial charge in [0.25, 0.3) is 0 Å². The molecular formula is C9H16N2O3. The first-order chi connectivity index (χ1) is 6.63. The molecule has 1 rings (SSSR count). The maximum atomic E-state index is 10.9. The maximum Gasteiger partial charge on any atom is 0.309 e. The van der Waals surface area contributed by atoms with Gasteiger partial charge >= 0.3 is 11.8 Å². The SMILES string of the molecule is COC1CCC(NC(=O)C(N)=O)CC1. The molecule has 1 aliphatic rings. The fraction of sp³-hybridized carbons (Fsp3) is 0.778. The molecular weight excluding hydrogens is 184 g/mol. The fourth-order valence-electron chi connectivity index (χ4n) is 1.70. The van der Waals surface area contributed by atoms with E-state index in [1.165, 1.54) is 0 Å². The Morgan fingerprint density at radius 3 is 2.29 bits per heavy atom. The van der Waals surface area contributed by atoms with Crippen LogP contribution >= 0.6 is 0 Å². The van der Waals surface area contributed by atoms with Crippen LogP contribution in [-0.4, -0.2) is 31.1 Å². The highest BCUT2D eigenvalue weighted by atomic mass is 16.5. The van der Waals surface area contributed by atoms with E-state index < -0.39 is 11.8 Å². The minimum absolute atomic E-state index is 0.0707. The molecule has 3 N–H and O–H groups in total. The van der Waals surface area contributed by atoms with Gasteiger partial charge in [-0.25, -0.2) is 0 Å². The van der Waals surface area contributed by atoms with Crippen molar-refractivity contribution >= 4 is 11.8 Å². The molecule has 0 radical (unpaired) electrons. The van der Waals surface area contributed by atoms with E-state index in [1.807, 2.05) is 0 Å². The molecule has 0 aliphatic heterocycles. The molecule has 14 heavy (non-hydrogen) atoms. The van der Waals surface area contributed by atoms with E-state index in [2.05, 4.69) is 5.32 Å². The number of amides is 2. The first-order valence-electron chi connectivity index (χ1n) is 4.76. The summed E-state index contributed by atoms with van der Waals surface area (Å²) in [7, 11) is 1.69. The summed E-state index contributed by atoms with van der Waals surface area (Å²) in [4.78, 5) is 21.4. The van der Waals surface area contributed by atoms with Gasteiger partial charge in [0, 0.05) is 13.2 Å². The Hall–Kier alpha value is -1.10. The van der Waals surface area contributed by atoms with Crippen LogP contribution in [0.5, 0.6) is 0 Å². The van der Waals surface area contributed by atoms with Crippen LogP contribution in [0.4, 0.5) is 0 Å². The molecule has 0 heterocycles. The number of hydrogen-bond acceptors (Lipinski definition) is 3. The molecule has 0 aromatic carbocycles. The molecule has 1 fully saturated rings. The second-order valence-corrected chi connectivity index (χ2v) is 3.55. The minimum atomic E-state index is -0.918. The molecule has 0 aromatic rings. The maximum absolute atomic E-state index is 10.9. The molecule has 0 spiro atoms. The highest BCUT2D eigenvalue weighted by Gasteiger charge is 2.23. The highest BCUT2D eigenvalue weighted by Crippen LogP contribution is 2.20. The summed E-state index contributed by atoms with van der Waals surface area (Å²) >= 11 is 0. The highest BCUT2D eigenvalue weighted by molar-refractivity contribution is 6.34. The van der Waals surface area contributed by atoms with Crippen LogP contribution in [0, 0.1) is 0 Å². The van der Waals surface area contributed by atoms with E-state index in [0.717, 1.165) is 25.7 Å². The zero-order valence-corrected chi connectivity index (χ0v) is 8.29. The molecule has 1 saturated carbocycles. The number of ether oxygens (including phenoxy) is 1. The van der Waals surface area contributed by atoms with Crippen molar-refractivity contribution in [2.24, 2.45) is 5.73 Å². The lowest BCUT2D eigenvalue weighted by atomic mass is 9.93. The van der Waals surface area contributed by atoms with Gasteiger partial charge in [-0.2, -0.15) is 0 Å². The van der Waals surface area contributed by atoms with E-state index >= 15 is 0 Å². The van der Waals surface area contributed by atoms with Crippen molar-refractivity contribution in [3.63, 3.8) is 0 Å². The van der Waals surface area contributed by atoms with Crippen LogP contribution in [0.15, 0.2) is 0 Å². The Morgan fingerprint density at radius 1 is 1.29 bits per heavy atom. The zero-order chi connectivity index (χ0) is 10.6. The summed E-state index contributed by atoms with van der Waals surface area (Å²) in [5.74, 6) is -1.61. The molecule has 80 valence electrons. The van der Waals surface area contributed by atoms with Crippen molar-refractivity contribution in [2.75, 3.05) is 7.11 Å². The second-order valence-electron chi connectivity index (χ2n) is 3.55. The van der Waals surface area contributed by atoms with Gasteiger partial charge in [-0.05, 0) is 25.7 Å². The monoisotopic (exact) mass is 200 g/mol. The smallest absolute Gasteiger partial charge is 0.309 e. The number of primary amides is 1. The fourth-order valence-corrected chi connectivity index (χ4v) is 1.70. The van der Waals surface area contributed by atoms with E-state index in [4.69, 9.17) is 10.5 Å². The standard InChI is InChI=1S/C9H16N2O3/c1-14-7-4-2-6(3-5-7)11-9(13)8(10)12/h6-7H,2-5H2,1H3,(H2,10,12)(H,11,13). The van der Waals surface area contributed by atoms with Crippen molar-refractivity contribution < 1.29 is 14.3 Å². The normalized spacial score (nSPS) is 26.9. The lowest BCUT2D eigenvalue weighted by molar-refractivity contribution is -0.138. The van der Waals surface area contributed by atoms with Crippen LogP contribution in [0.25, 0.3) is 0 Å². The second kappa shape index (κ2) is 4.95. The number of methoxy groups -OCH3 is 1. The summed E-state index contributed by atoms with van der Waals surface area (Å²) in [6, 6.07) is 0.0707. The molecule has 0 saturated heterocycles. The molecule has 0 unspecified atom stereocenters. The number of rotatable bonds is 2. The van der Waals surface area contributed by atoms with Crippen molar-refractivity contribution in [3.05, 3.63) is 0 Å². The Morgan fingerprint density at radius 2 is 1.86 bits per heavy atom. The average molecular weight is 200 g/mol. The number of nitrogens with two attached hydrogens (primary N) is 1. The average Bonchev–Trinajstić information content (AvgIpc) is 2.19. The third-order valence-electron chi connectivity index (χ3n) is 2.57. The predicted molar refractivity (Wildman–Crippen MR) is 50.4 cm³/mol. The first kappa shape index (κ1) is 11.0. The van der Waals surface area contributed by atoms with Gasteiger partial charge in [-0.15, -0.1) is 0 Å². The number of hydrogen-bond donors (Lipinski definition) is 2. The van der Waals surface area contributed by atoms with Gasteiger partial charge < -0.3 is 15.8 Å². The Bertz CT molecular complexity index is 222. The van der Waals surface area contributed by atoms with Gasteiger partial charge in [0.15, 0.2) is 0 Å². The Labute approximate surface area is 83.0 Å². The van der Waals surface area contributed by atoms with Crippen molar-refractivity contribution in [1.82, 2.24) is 5.32 Å². The quantitative estimate of drug-likeness (QED) is 0.592. The van der Waals surface area contributed by atoms with Crippen molar-refractivity contribution in [1.29, 1.82) is 0 Å². The summed E-state index contributed by atoms with van der Waals surface area (Å²) in [5, 5.41) is 2.59. The first-order valence-corrected chi connectivity index (χ1v) is 4.76. The zero-order valence-electron chi connectivity index (χ0n) is 8.29. The summed E-state index contributed by atoms with van der Waals surface area (Å²) in [6.45, 7) is 0. The predicted octanol–water partition coefficient (Wildman–Crippen LogP) is -0.454. The molecule has 5 nitrogen and oxygen atoms in total. The van der Waals surface area contributed by atoms with Gasteiger partial charge in [-0.1, -0.05) is 0 Å². The van der Waals surface area contributed by atoms with Crippen LogP contribution in [0.1, 0.15) is 25.7 Å². The minimum Gasteiger partial charge on any atom is -0.381 e. The topological polar surface area (TPSA) is 81.4 Å². The number of carbonyl (C=O) groups excluding carboxylic acids is 2. The number of carbonyl (C=O) groups is 2. The Kier molecular flexibility index (Phi) is 3.88. The van der Waals surface area contributed by atoms with Crippen molar-refractivity contribution in [2.45, 2.75) is 37.8 Å². The van der Waals surface area contributed by atoms with E-state index in [9.17, 15) is 9.59 Å². The van der Waals surface area contributed by atoms with Gasteiger partial charge in [0.2, 0.25) is 0 Å². The molecule has 0 atom stereocenters. The lowest BCUT2D eigenvalue weighted by Gasteiger charge is -2.27. The molecule has 0 bridgehead atoms. The van der Waals surface area contributed by atoms with E-state index in [0.29, 0.717) is 0 Å². The lowest BCUT2D eigenvalue weighted by Crippen LogP contribution is -2.44.